The van der Waals surface area contributed by atoms with Crippen LogP contribution < -0.4 is 0 Å². The molecule has 0 amide bonds. The van der Waals surface area contributed by atoms with Crippen molar-refractivity contribution < 1.29 is 0 Å². The number of rotatable bonds is 10. The fraction of sp³-hybridized carbons (Fsp3) is 0.857. The van der Waals surface area contributed by atoms with Crippen molar-refractivity contribution in [3.8, 4) is 0 Å². The van der Waals surface area contributed by atoms with Gasteiger partial charge in [-0.05, 0) is 25.2 Å². The molecule has 0 saturated heterocycles. The zero-order valence-electron chi connectivity index (χ0n) is 17.0. The van der Waals surface area contributed by atoms with Crippen molar-refractivity contribution in [2.45, 2.75) is 117 Å². The van der Waals surface area contributed by atoms with E-state index in [9.17, 15) is 0 Å². The van der Waals surface area contributed by atoms with Crippen LogP contribution in [0.2, 0.25) is 0 Å². The van der Waals surface area contributed by atoms with Crippen LogP contribution in [0.3, 0.4) is 0 Å². The monoisotopic (exact) mass is 320 g/mol. The zero-order chi connectivity index (χ0) is 17.7. The molecule has 1 heterocycles. The van der Waals surface area contributed by atoms with E-state index in [1.807, 2.05) is 0 Å². The lowest BCUT2D eigenvalue weighted by atomic mass is 9.80. The largest absolute Gasteiger partial charge is 0.345 e. The van der Waals surface area contributed by atoms with E-state index in [0.29, 0.717) is 5.92 Å². The van der Waals surface area contributed by atoms with Crippen LogP contribution >= 0.6 is 0 Å². The molecule has 1 N–H and O–H groups in total. The molecule has 0 aliphatic carbocycles. The minimum absolute atomic E-state index is 0.123. The van der Waals surface area contributed by atoms with E-state index in [0.717, 1.165) is 6.42 Å². The molecule has 0 bridgehead atoms. The SMILES string of the molecule is CCCCCC(C)(C)c1nc(C(C)(C)CC)[nH]c1C(C)CCC. The molecule has 1 rings (SSSR count). The molecular weight excluding hydrogens is 280 g/mol. The first-order chi connectivity index (χ1) is 10.7. The van der Waals surface area contributed by atoms with Gasteiger partial charge in [-0.25, -0.2) is 4.98 Å². The van der Waals surface area contributed by atoms with Crippen LogP contribution in [0.5, 0.6) is 0 Å². The summed E-state index contributed by atoms with van der Waals surface area (Å²) in [4.78, 5) is 8.89. The molecule has 1 unspecified atom stereocenters. The van der Waals surface area contributed by atoms with Crippen LogP contribution in [-0.2, 0) is 10.8 Å². The Bertz CT molecular complexity index is 468. The van der Waals surface area contributed by atoms with Gasteiger partial charge in [0.15, 0.2) is 0 Å². The Labute approximate surface area is 144 Å². The van der Waals surface area contributed by atoms with Crippen molar-refractivity contribution in [3.63, 3.8) is 0 Å². The van der Waals surface area contributed by atoms with Gasteiger partial charge in [-0.15, -0.1) is 0 Å². The number of nitrogens with one attached hydrogen (secondary N) is 1. The normalized spacial score (nSPS) is 14.3. The van der Waals surface area contributed by atoms with Crippen molar-refractivity contribution in [2.24, 2.45) is 0 Å². The van der Waals surface area contributed by atoms with Crippen LogP contribution in [0.1, 0.15) is 123 Å². The van der Waals surface area contributed by atoms with E-state index in [4.69, 9.17) is 4.98 Å². The molecule has 0 spiro atoms. The van der Waals surface area contributed by atoms with Gasteiger partial charge in [0.05, 0.1) is 5.69 Å². The van der Waals surface area contributed by atoms with Gasteiger partial charge in [-0.3, -0.25) is 0 Å². The molecule has 0 aliphatic heterocycles. The number of imidazole rings is 1. The van der Waals surface area contributed by atoms with Gasteiger partial charge in [0.25, 0.3) is 0 Å². The average Bonchev–Trinajstić information content (AvgIpc) is 2.94. The number of hydrogen-bond acceptors (Lipinski definition) is 1. The van der Waals surface area contributed by atoms with Crippen molar-refractivity contribution in [3.05, 3.63) is 17.2 Å². The van der Waals surface area contributed by atoms with Crippen molar-refractivity contribution >= 4 is 0 Å². The minimum atomic E-state index is 0.123. The van der Waals surface area contributed by atoms with E-state index in [1.165, 1.54) is 55.7 Å². The van der Waals surface area contributed by atoms with Gasteiger partial charge in [0, 0.05) is 16.5 Å². The Hall–Kier alpha value is -0.790. The zero-order valence-corrected chi connectivity index (χ0v) is 17.0. The Morgan fingerprint density at radius 2 is 1.61 bits per heavy atom. The highest BCUT2D eigenvalue weighted by Crippen LogP contribution is 2.37. The number of nitrogens with zero attached hydrogens (tertiary/aromatic N) is 1. The Morgan fingerprint density at radius 3 is 2.13 bits per heavy atom. The molecule has 1 aromatic rings. The second kappa shape index (κ2) is 8.35. The summed E-state index contributed by atoms with van der Waals surface area (Å²) in [6.45, 7) is 18.5. The molecule has 0 aromatic carbocycles. The van der Waals surface area contributed by atoms with Crippen LogP contribution in [0.15, 0.2) is 0 Å². The number of hydrogen-bond donors (Lipinski definition) is 1. The first-order valence-electron chi connectivity index (χ1n) is 9.80. The quantitative estimate of drug-likeness (QED) is 0.469. The summed E-state index contributed by atoms with van der Waals surface area (Å²) < 4.78 is 0. The molecule has 0 fully saturated rings. The smallest absolute Gasteiger partial charge is 0.112 e. The summed E-state index contributed by atoms with van der Waals surface area (Å²) in [5.41, 5.74) is 3.00. The highest BCUT2D eigenvalue weighted by atomic mass is 15.0. The van der Waals surface area contributed by atoms with Crippen LogP contribution in [-0.4, -0.2) is 9.97 Å². The van der Waals surface area contributed by atoms with E-state index < -0.39 is 0 Å². The molecule has 134 valence electrons. The second-order valence-corrected chi connectivity index (χ2v) is 8.62. The number of aromatic nitrogens is 2. The summed E-state index contributed by atoms with van der Waals surface area (Å²) in [6.07, 6.45) is 8.69. The minimum Gasteiger partial charge on any atom is -0.345 e. The molecule has 2 nitrogen and oxygen atoms in total. The van der Waals surface area contributed by atoms with Gasteiger partial charge in [-0.1, -0.05) is 81.1 Å². The van der Waals surface area contributed by atoms with Gasteiger partial charge < -0.3 is 4.98 Å². The fourth-order valence-electron chi connectivity index (χ4n) is 3.26. The van der Waals surface area contributed by atoms with E-state index >= 15 is 0 Å². The summed E-state index contributed by atoms with van der Waals surface area (Å²) in [5, 5.41) is 0. The van der Waals surface area contributed by atoms with Gasteiger partial charge in [-0.2, -0.15) is 0 Å². The maximum atomic E-state index is 5.15. The molecule has 0 saturated carbocycles. The third-order valence-corrected chi connectivity index (χ3v) is 5.52. The highest BCUT2D eigenvalue weighted by Gasteiger charge is 2.32. The van der Waals surface area contributed by atoms with E-state index in [1.54, 1.807) is 0 Å². The molecule has 1 atom stereocenters. The summed E-state index contributed by atoms with van der Waals surface area (Å²) in [6, 6.07) is 0. The predicted molar refractivity (Wildman–Crippen MR) is 102 cm³/mol. The first kappa shape index (κ1) is 20.3. The lowest BCUT2D eigenvalue weighted by Crippen LogP contribution is -2.21. The summed E-state index contributed by atoms with van der Waals surface area (Å²) in [5.74, 6) is 1.74. The third kappa shape index (κ3) is 5.09. The molecule has 0 radical (unpaired) electrons. The topological polar surface area (TPSA) is 28.7 Å². The molecule has 2 heteroatoms. The predicted octanol–water partition coefficient (Wildman–Crippen LogP) is 6.86. The highest BCUT2D eigenvalue weighted by molar-refractivity contribution is 5.28. The molecule has 23 heavy (non-hydrogen) atoms. The van der Waals surface area contributed by atoms with Crippen molar-refractivity contribution in [2.75, 3.05) is 0 Å². The second-order valence-electron chi connectivity index (χ2n) is 8.62. The van der Waals surface area contributed by atoms with Gasteiger partial charge >= 0.3 is 0 Å². The standard InChI is InChI=1S/C21H40N2/c1-9-12-13-15-21(7,8)18-17(16(4)14-10-2)22-19(23-18)20(5,6)11-3/h16H,9-15H2,1-8H3,(H,22,23). The Morgan fingerprint density at radius 1 is 0.957 bits per heavy atom. The van der Waals surface area contributed by atoms with Crippen LogP contribution in [0.4, 0.5) is 0 Å². The average molecular weight is 321 g/mol. The number of aromatic amines is 1. The first-order valence-corrected chi connectivity index (χ1v) is 9.80. The summed E-state index contributed by atoms with van der Waals surface area (Å²) >= 11 is 0. The van der Waals surface area contributed by atoms with Crippen LogP contribution in [0.25, 0.3) is 0 Å². The number of unbranched alkanes of at least 4 members (excludes halogenated alkanes) is 2. The lowest BCUT2D eigenvalue weighted by molar-refractivity contribution is 0.428. The van der Waals surface area contributed by atoms with Crippen molar-refractivity contribution in [1.82, 2.24) is 9.97 Å². The third-order valence-electron chi connectivity index (χ3n) is 5.52. The van der Waals surface area contributed by atoms with Crippen molar-refractivity contribution in [1.29, 1.82) is 0 Å². The molecular formula is C21H40N2. The Kier molecular flexibility index (Phi) is 7.35. The maximum absolute atomic E-state index is 5.15. The number of H-pyrrole nitrogens is 1. The maximum Gasteiger partial charge on any atom is 0.112 e. The summed E-state index contributed by atoms with van der Waals surface area (Å²) in [7, 11) is 0. The Balaban J connectivity index is 3.21. The van der Waals surface area contributed by atoms with Gasteiger partial charge in [0.1, 0.15) is 5.82 Å². The molecule has 0 aliphatic rings. The van der Waals surface area contributed by atoms with Crippen LogP contribution in [0, 0.1) is 0 Å². The lowest BCUT2D eigenvalue weighted by Gasteiger charge is -2.26. The van der Waals surface area contributed by atoms with Gasteiger partial charge in [0.2, 0.25) is 0 Å². The molecule has 1 aromatic heterocycles. The van der Waals surface area contributed by atoms with E-state index in [-0.39, 0.29) is 10.8 Å². The fourth-order valence-corrected chi connectivity index (χ4v) is 3.26. The van der Waals surface area contributed by atoms with E-state index in [2.05, 4.69) is 60.4 Å².